The second-order valence-corrected chi connectivity index (χ2v) is 6.81. The molecule has 128 valence electrons. The molecule has 0 bridgehead atoms. The van der Waals surface area contributed by atoms with E-state index in [9.17, 15) is 9.59 Å². The maximum absolute atomic E-state index is 12.6. The Bertz CT molecular complexity index is 953. The van der Waals surface area contributed by atoms with E-state index in [1.54, 1.807) is 28.8 Å². The third-order valence-corrected chi connectivity index (χ3v) is 4.47. The Kier molecular flexibility index (Phi) is 4.04. The third kappa shape index (κ3) is 3.30. The van der Waals surface area contributed by atoms with Crippen molar-refractivity contribution >= 4 is 27.5 Å². The number of aromatic nitrogens is 3. The largest absolute Gasteiger partial charge is 0.461 e. The highest BCUT2D eigenvalue weighted by atomic mass is 79.9. The number of furan rings is 1. The molecule has 0 aliphatic heterocycles. The van der Waals surface area contributed by atoms with Crippen LogP contribution in [0, 0.1) is 0 Å². The molecule has 1 N–H and O–H groups in total. The fraction of sp³-hybridized carbons (Fsp3) is 0.235. The first-order valence-electron chi connectivity index (χ1n) is 7.90. The molecule has 0 unspecified atom stereocenters. The third-order valence-electron chi connectivity index (χ3n) is 3.95. The molecular formula is C17H15BrN4O3. The average molecular weight is 403 g/mol. The van der Waals surface area contributed by atoms with E-state index in [2.05, 4.69) is 26.3 Å². The minimum absolute atomic E-state index is 0.135. The van der Waals surface area contributed by atoms with Gasteiger partial charge in [0.15, 0.2) is 5.76 Å². The second-order valence-electron chi connectivity index (χ2n) is 5.90. The number of anilines is 1. The minimum Gasteiger partial charge on any atom is -0.461 e. The van der Waals surface area contributed by atoms with Gasteiger partial charge in [0.2, 0.25) is 11.7 Å². The summed E-state index contributed by atoms with van der Waals surface area (Å²) in [6, 6.07) is 10.9. The highest BCUT2D eigenvalue weighted by Crippen LogP contribution is 2.36. The highest BCUT2D eigenvalue weighted by molar-refractivity contribution is 9.10. The topological polar surface area (TPSA) is 82.1 Å². The summed E-state index contributed by atoms with van der Waals surface area (Å²) < 4.78 is 9.10. The predicted octanol–water partition coefficient (Wildman–Crippen LogP) is 3.04. The number of nitrogens with zero attached hydrogens (tertiary/aromatic N) is 3. The maximum atomic E-state index is 12.6. The molecule has 0 atom stereocenters. The molecule has 8 heteroatoms. The molecule has 1 aromatic carbocycles. The van der Waals surface area contributed by atoms with Crippen molar-refractivity contribution in [3.05, 3.63) is 57.6 Å². The van der Waals surface area contributed by atoms with Crippen LogP contribution in [0.1, 0.15) is 18.9 Å². The van der Waals surface area contributed by atoms with Gasteiger partial charge in [0.25, 0.3) is 0 Å². The van der Waals surface area contributed by atoms with Crippen LogP contribution in [0.3, 0.4) is 0 Å². The number of hydrogen-bond acceptors (Lipinski definition) is 4. The smallest absolute Gasteiger partial charge is 0.347 e. The predicted molar refractivity (Wildman–Crippen MR) is 95.2 cm³/mol. The van der Waals surface area contributed by atoms with Crippen LogP contribution in [0.2, 0.25) is 0 Å². The van der Waals surface area contributed by atoms with Crippen molar-refractivity contribution in [1.29, 1.82) is 0 Å². The van der Waals surface area contributed by atoms with Crippen molar-refractivity contribution in [3.63, 3.8) is 0 Å². The van der Waals surface area contributed by atoms with Gasteiger partial charge in [0, 0.05) is 16.2 Å². The first-order chi connectivity index (χ1) is 12.1. The second kappa shape index (κ2) is 6.36. The van der Waals surface area contributed by atoms with E-state index in [0.29, 0.717) is 17.3 Å². The average Bonchev–Trinajstić information content (AvgIpc) is 3.17. The summed E-state index contributed by atoms with van der Waals surface area (Å²) in [5, 5.41) is 7.08. The van der Waals surface area contributed by atoms with Gasteiger partial charge in [-0.15, -0.1) is 5.10 Å². The maximum Gasteiger partial charge on any atom is 0.347 e. The standard InChI is InChI=1S/C17H15BrN4O3/c18-11-3-5-12(6-4-11)19-15(23)10-21-17(24)22(13-7-8-13)16(20-21)14-2-1-9-25-14/h1-6,9,13H,7-8,10H2,(H,19,23). The van der Waals surface area contributed by atoms with Crippen LogP contribution >= 0.6 is 15.9 Å². The molecule has 3 aromatic rings. The van der Waals surface area contributed by atoms with Crippen LogP contribution < -0.4 is 11.0 Å². The van der Waals surface area contributed by atoms with Gasteiger partial charge in [-0.3, -0.25) is 9.36 Å². The van der Waals surface area contributed by atoms with Crippen LogP contribution in [-0.2, 0) is 11.3 Å². The summed E-state index contributed by atoms with van der Waals surface area (Å²) in [6.45, 7) is -0.150. The van der Waals surface area contributed by atoms with Crippen molar-refractivity contribution in [2.75, 3.05) is 5.32 Å². The van der Waals surface area contributed by atoms with Gasteiger partial charge in [-0.05, 0) is 49.2 Å². The zero-order valence-electron chi connectivity index (χ0n) is 13.2. The van der Waals surface area contributed by atoms with Crippen molar-refractivity contribution in [2.24, 2.45) is 0 Å². The van der Waals surface area contributed by atoms with Gasteiger partial charge in [0.1, 0.15) is 6.54 Å². The van der Waals surface area contributed by atoms with Gasteiger partial charge in [-0.2, -0.15) is 0 Å². The molecule has 2 heterocycles. The molecular weight excluding hydrogens is 388 g/mol. The van der Waals surface area contributed by atoms with Crippen LogP contribution in [0.5, 0.6) is 0 Å². The normalized spacial score (nSPS) is 13.8. The molecule has 1 aliphatic rings. The molecule has 1 fully saturated rings. The molecule has 2 aromatic heterocycles. The Morgan fingerprint density at radius 2 is 2.04 bits per heavy atom. The van der Waals surface area contributed by atoms with Gasteiger partial charge >= 0.3 is 5.69 Å². The van der Waals surface area contributed by atoms with Gasteiger partial charge in [0.05, 0.1) is 6.26 Å². The zero-order chi connectivity index (χ0) is 17.4. The van der Waals surface area contributed by atoms with E-state index in [-0.39, 0.29) is 24.2 Å². The fourth-order valence-electron chi connectivity index (χ4n) is 2.63. The number of rotatable bonds is 5. The van der Waals surface area contributed by atoms with E-state index in [0.717, 1.165) is 17.3 Å². The quantitative estimate of drug-likeness (QED) is 0.710. The summed E-state index contributed by atoms with van der Waals surface area (Å²) >= 11 is 3.34. The molecule has 0 radical (unpaired) electrons. The Morgan fingerprint density at radius 1 is 1.28 bits per heavy atom. The van der Waals surface area contributed by atoms with Crippen LogP contribution in [0.15, 0.2) is 56.3 Å². The Hall–Kier alpha value is -2.61. The molecule has 1 saturated carbocycles. The number of carbonyl (C=O) groups excluding carboxylic acids is 1. The van der Waals surface area contributed by atoms with Crippen molar-refractivity contribution < 1.29 is 9.21 Å². The SMILES string of the molecule is O=C(Cn1nc(-c2ccco2)n(C2CC2)c1=O)Nc1ccc(Br)cc1. The van der Waals surface area contributed by atoms with E-state index in [4.69, 9.17) is 4.42 Å². The lowest BCUT2D eigenvalue weighted by Gasteiger charge is -2.04. The first-order valence-corrected chi connectivity index (χ1v) is 8.70. The number of nitrogens with one attached hydrogen (secondary N) is 1. The van der Waals surface area contributed by atoms with E-state index >= 15 is 0 Å². The number of benzene rings is 1. The summed E-state index contributed by atoms with van der Waals surface area (Å²) in [7, 11) is 0. The Balaban J connectivity index is 1.58. The molecule has 1 amide bonds. The summed E-state index contributed by atoms with van der Waals surface area (Å²) in [5.41, 5.74) is 0.369. The van der Waals surface area contributed by atoms with Crippen LogP contribution in [0.4, 0.5) is 5.69 Å². The lowest BCUT2D eigenvalue weighted by atomic mass is 10.3. The van der Waals surface area contributed by atoms with Crippen molar-refractivity contribution in [1.82, 2.24) is 14.3 Å². The summed E-state index contributed by atoms with van der Waals surface area (Å²) in [6.07, 6.45) is 3.41. The molecule has 1 aliphatic carbocycles. The lowest BCUT2D eigenvalue weighted by molar-refractivity contribution is -0.117. The van der Waals surface area contributed by atoms with Crippen LogP contribution in [-0.4, -0.2) is 20.3 Å². The zero-order valence-corrected chi connectivity index (χ0v) is 14.8. The lowest BCUT2D eigenvalue weighted by Crippen LogP contribution is -2.30. The van der Waals surface area contributed by atoms with E-state index < -0.39 is 0 Å². The molecule has 7 nitrogen and oxygen atoms in total. The first kappa shape index (κ1) is 15.9. The number of hydrogen-bond donors (Lipinski definition) is 1. The number of carbonyl (C=O) groups is 1. The van der Waals surface area contributed by atoms with Gasteiger partial charge in [-0.25, -0.2) is 9.48 Å². The fourth-order valence-corrected chi connectivity index (χ4v) is 2.89. The minimum atomic E-state index is -0.309. The number of halogens is 1. The molecule has 0 saturated heterocycles. The van der Waals surface area contributed by atoms with Crippen molar-refractivity contribution in [2.45, 2.75) is 25.4 Å². The van der Waals surface area contributed by atoms with Gasteiger partial charge < -0.3 is 9.73 Å². The number of amides is 1. The molecule has 4 rings (SSSR count). The van der Waals surface area contributed by atoms with E-state index in [1.807, 2.05) is 12.1 Å². The van der Waals surface area contributed by atoms with E-state index in [1.165, 1.54) is 10.9 Å². The monoisotopic (exact) mass is 402 g/mol. The molecule has 0 spiro atoms. The van der Waals surface area contributed by atoms with Crippen molar-refractivity contribution in [3.8, 4) is 11.6 Å². The van der Waals surface area contributed by atoms with Crippen LogP contribution in [0.25, 0.3) is 11.6 Å². The summed E-state index contributed by atoms with van der Waals surface area (Å²) in [4.78, 5) is 24.9. The summed E-state index contributed by atoms with van der Waals surface area (Å²) in [5.74, 6) is 0.681. The highest BCUT2D eigenvalue weighted by Gasteiger charge is 2.31. The Labute approximate surface area is 151 Å². The Morgan fingerprint density at radius 3 is 2.68 bits per heavy atom. The van der Waals surface area contributed by atoms with Gasteiger partial charge in [-0.1, -0.05) is 15.9 Å². The molecule has 25 heavy (non-hydrogen) atoms.